The van der Waals surface area contributed by atoms with Crippen LogP contribution in [-0.4, -0.2) is 42.5 Å². The van der Waals surface area contributed by atoms with Gasteiger partial charge in [0, 0.05) is 25.0 Å². The highest BCUT2D eigenvalue weighted by Crippen LogP contribution is 2.16. The largest absolute Gasteiger partial charge is 0.352 e. The first-order chi connectivity index (χ1) is 9.60. The molecule has 20 heavy (non-hydrogen) atoms. The van der Waals surface area contributed by atoms with Gasteiger partial charge in [0.25, 0.3) is 5.91 Å². The summed E-state index contributed by atoms with van der Waals surface area (Å²) in [5.74, 6) is 5.84. The topological polar surface area (TPSA) is 83.3 Å². The van der Waals surface area contributed by atoms with Crippen molar-refractivity contribution in [3.63, 3.8) is 0 Å². The van der Waals surface area contributed by atoms with Crippen LogP contribution in [0.2, 0.25) is 0 Å². The number of amides is 1. The number of nitrogens with one attached hydrogen (secondary N) is 2. The van der Waals surface area contributed by atoms with Gasteiger partial charge < -0.3 is 15.6 Å². The summed E-state index contributed by atoms with van der Waals surface area (Å²) in [4.78, 5) is 18.7. The minimum absolute atomic E-state index is 0.126. The fraction of sp³-hybridized carbons (Fsp3) is 0.571. The van der Waals surface area contributed by atoms with Crippen molar-refractivity contribution in [2.24, 2.45) is 11.8 Å². The quantitative estimate of drug-likeness (QED) is 0.559. The summed E-state index contributed by atoms with van der Waals surface area (Å²) >= 11 is 0. The van der Waals surface area contributed by atoms with E-state index in [0.29, 0.717) is 23.7 Å². The second kappa shape index (κ2) is 6.67. The van der Waals surface area contributed by atoms with Gasteiger partial charge in [-0.3, -0.25) is 15.6 Å². The van der Waals surface area contributed by atoms with Crippen LogP contribution in [0.3, 0.4) is 0 Å². The number of hydrazine groups is 1. The Morgan fingerprint density at radius 1 is 1.60 bits per heavy atom. The number of carbonyl (C=O) groups is 1. The van der Waals surface area contributed by atoms with Gasteiger partial charge >= 0.3 is 0 Å². The average Bonchev–Trinajstić information content (AvgIpc) is 2.44. The van der Waals surface area contributed by atoms with Crippen LogP contribution in [0.4, 0.5) is 5.69 Å². The van der Waals surface area contributed by atoms with Crippen molar-refractivity contribution in [3.05, 3.63) is 23.5 Å². The first kappa shape index (κ1) is 14.7. The van der Waals surface area contributed by atoms with Gasteiger partial charge in [0.2, 0.25) is 0 Å². The van der Waals surface area contributed by atoms with Crippen LogP contribution >= 0.6 is 0 Å². The summed E-state index contributed by atoms with van der Waals surface area (Å²) in [6.07, 6.45) is 3.92. The van der Waals surface area contributed by atoms with Crippen LogP contribution < -0.4 is 16.6 Å². The van der Waals surface area contributed by atoms with E-state index in [1.807, 2.05) is 6.92 Å². The van der Waals surface area contributed by atoms with Crippen LogP contribution in [0.1, 0.15) is 28.9 Å². The van der Waals surface area contributed by atoms with Crippen molar-refractivity contribution >= 4 is 11.6 Å². The summed E-state index contributed by atoms with van der Waals surface area (Å²) in [6.45, 7) is 4.74. The molecule has 110 valence electrons. The number of rotatable bonds is 4. The second-order valence-corrected chi connectivity index (χ2v) is 5.50. The molecular weight excluding hydrogens is 254 g/mol. The van der Waals surface area contributed by atoms with Gasteiger partial charge in [-0.2, -0.15) is 0 Å². The van der Waals surface area contributed by atoms with Crippen LogP contribution in [0.15, 0.2) is 12.3 Å². The first-order valence-electron chi connectivity index (χ1n) is 7.00. The Morgan fingerprint density at radius 2 is 2.40 bits per heavy atom. The first-order valence-corrected chi connectivity index (χ1v) is 7.00. The number of aromatic nitrogens is 1. The van der Waals surface area contributed by atoms with Crippen molar-refractivity contribution in [1.82, 2.24) is 15.2 Å². The summed E-state index contributed by atoms with van der Waals surface area (Å²) in [7, 11) is 2.12. The van der Waals surface area contributed by atoms with Gasteiger partial charge in [0.1, 0.15) is 0 Å². The molecule has 1 aliphatic rings. The van der Waals surface area contributed by atoms with Gasteiger partial charge in [0.15, 0.2) is 0 Å². The number of nitrogen functional groups attached to an aromatic ring is 1. The standard InChI is InChI=1S/C14H23N5O/c1-10-6-13(18-15)12(8-16-10)14(20)17-7-11-4-3-5-19(2)9-11/h6,8,11H,3-5,7,9,15H2,1-2H3,(H,16,18)(H,17,20). The molecule has 0 saturated carbocycles. The monoisotopic (exact) mass is 277 g/mol. The fourth-order valence-corrected chi connectivity index (χ4v) is 2.63. The Labute approximate surface area is 119 Å². The van der Waals surface area contributed by atoms with Crippen LogP contribution in [0.25, 0.3) is 0 Å². The average molecular weight is 277 g/mol. The number of nitrogens with zero attached hydrogens (tertiary/aromatic N) is 2. The van der Waals surface area contributed by atoms with Gasteiger partial charge in [-0.1, -0.05) is 0 Å². The highest BCUT2D eigenvalue weighted by atomic mass is 16.1. The lowest BCUT2D eigenvalue weighted by Crippen LogP contribution is -2.39. The molecule has 0 spiro atoms. The van der Waals surface area contributed by atoms with Gasteiger partial charge in [-0.15, -0.1) is 0 Å². The lowest BCUT2D eigenvalue weighted by molar-refractivity contribution is 0.0937. The molecule has 1 atom stereocenters. The SMILES string of the molecule is Cc1cc(NN)c(C(=O)NCC2CCCN(C)C2)cn1. The highest BCUT2D eigenvalue weighted by molar-refractivity contribution is 5.99. The van der Waals surface area contributed by atoms with Crippen LogP contribution in [-0.2, 0) is 0 Å². The molecule has 4 N–H and O–H groups in total. The Hall–Kier alpha value is -1.66. The van der Waals surface area contributed by atoms with Crippen molar-refractivity contribution in [2.45, 2.75) is 19.8 Å². The Kier molecular flexibility index (Phi) is 4.92. The Morgan fingerprint density at radius 3 is 3.10 bits per heavy atom. The predicted molar refractivity (Wildman–Crippen MR) is 79.3 cm³/mol. The molecule has 1 aromatic rings. The third-order valence-electron chi connectivity index (χ3n) is 3.71. The van der Waals surface area contributed by atoms with E-state index in [-0.39, 0.29) is 5.91 Å². The molecular formula is C14H23N5O. The van der Waals surface area contributed by atoms with Crippen molar-refractivity contribution in [2.75, 3.05) is 32.1 Å². The molecule has 6 heteroatoms. The third-order valence-corrected chi connectivity index (χ3v) is 3.71. The number of aryl methyl sites for hydroxylation is 1. The summed E-state index contributed by atoms with van der Waals surface area (Å²) in [5.41, 5.74) is 4.47. The highest BCUT2D eigenvalue weighted by Gasteiger charge is 2.19. The van der Waals surface area contributed by atoms with Gasteiger partial charge in [-0.05, 0) is 45.3 Å². The number of anilines is 1. The van der Waals surface area contributed by atoms with Crippen molar-refractivity contribution in [1.29, 1.82) is 0 Å². The molecule has 0 aliphatic carbocycles. The number of hydrogen-bond donors (Lipinski definition) is 3. The third kappa shape index (κ3) is 3.68. The summed E-state index contributed by atoms with van der Waals surface area (Å²) in [6, 6.07) is 1.77. The smallest absolute Gasteiger partial charge is 0.255 e. The molecule has 1 fully saturated rings. The zero-order valence-corrected chi connectivity index (χ0v) is 12.1. The number of carbonyl (C=O) groups excluding carboxylic acids is 1. The normalized spacial score (nSPS) is 19.6. The lowest BCUT2D eigenvalue weighted by Gasteiger charge is -2.29. The summed E-state index contributed by atoms with van der Waals surface area (Å²) in [5, 5.41) is 2.98. The second-order valence-electron chi connectivity index (χ2n) is 5.50. The van der Waals surface area contributed by atoms with Crippen molar-refractivity contribution in [3.8, 4) is 0 Å². The zero-order valence-electron chi connectivity index (χ0n) is 12.1. The molecule has 1 unspecified atom stereocenters. The van der Waals surface area contributed by atoms with E-state index in [2.05, 4.69) is 27.7 Å². The van der Waals surface area contributed by atoms with E-state index in [1.54, 1.807) is 12.3 Å². The van der Waals surface area contributed by atoms with E-state index < -0.39 is 0 Å². The van der Waals surface area contributed by atoms with Gasteiger partial charge in [0.05, 0.1) is 11.3 Å². The molecule has 6 nitrogen and oxygen atoms in total. The molecule has 1 amide bonds. The number of piperidine rings is 1. The molecule has 1 aliphatic heterocycles. The van der Waals surface area contributed by atoms with Crippen LogP contribution in [0, 0.1) is 12.8 Å². The van der Waals surface area contributed by atoms with E-state index in [0.717, 1.165) is 18.8 Å². The molecule has 2 rings (SSSR count). The van der Waals surface area contributed by atoms with E-state index in [9.17, 15) is 4.79 Å². The molecule has 1 aromatic heterocycles. The van der Waals surface area contributed by atoms with E-state index in [4.69, 9.17) is 5.84 Å². The van der Waals surface area contributed by atoms with Crippen LogP contribution in [0.5, 0.6) is 0 Å². The maximum atomic E-state index is 12.2. The number of pyridine rings is 1. The number of hydrogen-bond acceptors (Lipinski definition) is 5. The Balaban J connectivity index is 1.94. The van der Waals surface area contributed by atoms with E-state index in [1.165, 1.54) is 12.8 Å². The predicted octanol–water partition coefficient (Wildman–Crippen LogP) is 0.747. The molecule has 1 saturated heterocycles. The summed E-state index contributed by atoms with van der Waals surface area (Å²) < 4.78 is 0. The number of nitrogens with two attached hydrogens (primary N) is 1. The Bertz CT molecular complexity index is 477. The van der Waals surface area contributed by atoms with E-state index >= 15 is 0 Å². The molecule has 0 radical (unpaired) electrons. The molecule has 0 aromatic carbocycles. The van der Waals surface area contributed by atoms with Gasteiger partial charge in [-0.25, -0.2) is 0 Å². The number of likely N-dealkylation sites (tertiary alicyclic amines) is 1. The zero-order chi connectivity index (χ0) is 14.5. The van der Waals surface area contributed by atoms with Crippen molar-refractivity contribution < 1.29 is 4.79 Å². The minimum Gasteiger partial charge on any atom is -0.352 e. The lowest BCUT2D eigenvalue weighted by atomic mass is 9.98. The molecule has 0 bridgehead atoms. The molecule has 2 heterocycles. The maximum absolute atomic E-state index is 12.2. The fourth-order valence-electron chi connectivity index (χ4n) is 2.63. The minimum atomic E-state index is -0.126. The maximum Gasteiger partial charge on any atom is 0.255 e.